The average molecular weight is 369 g/mol. The summed E-state index contributed by atoms with van der Waals surface area (Å²) in [4.78, 5) is 0. The van der Waals surface area contributed by atoms with Gasteiger partial charge in [-0.15, -0.1) is 0 Å². The zero-order chi connectivity index (χ0) is 16.4. The monoisotopic (exact) mass is 367 g/mol. The molecule has 0 aliphatic heterocycles. The Morgan fingerprint density at radius 1 is 0.957 bits per heavy atom. The summed E-state index contributed by atoms with van der Waals surface area (Å²) in [5, 5.41) is 13.7. The molecule has 0 aliphatic rings. The standard InChI is InChI=1S/C17H12Cl3NO2/c18-11-3-1-2-10(6-11)16-5-4-13(23-16)9-21-12-7-14(19)17(22)15(20)8-12/h1-8,21-22H,9H2. The number of rotatable bonds is 4. The average Bonchev–Trinajstić information content (AvgIpc) is 2.99. The van der Waals surface area contributed by atoms with Crippen LogP contribution in [0, 0.1) is 0 Å². The molecule has 0 fully saturated rings. The number of benzene rings is 2. The SMILES string of the molecule is Oc1c(Cl)cc(NCc2ccc(-c3cccc(Cl)c3)o2)cc1Cl. The molecular weight excluding hydrogens is 357 g/mol. The third kappa shape index (κ3) is 3.75. The summed E-state index contributed by atoms with van der Waals surface area (Å²) < 4.78 is 5.79. The predicted molar refractivity (Wildman–Crippen MR) is 94.6 cm³/mol. The molecule has 6 heteroatoms. The van der Waals surface area contributed by atoms with Crippen LogP contribution in [-0.4, -0.2) is 5.11 Å². The molecule has 0 saturated heterocycles. The number of anilines is 1. The Bertz CT molecular complexity index is 822. The largest absolute Gasteiger partial charge is 0.505 e. The first kappa shape index (κ1) is 16.1. The maximum Gasteiger partial charge on any atom is 0.152 e. The molecular formula is C17H12Cl3NO2. The molecule has 0 aliphatic carbocycles. The first-order chi connectivity index (χ1) is 11.0. The van der Waals surface area contributed by atoms with Gasteiger partial charge >= 0.3 is 0 Å². The van der Waals surface area contributed by atoms with Crippen LogP contribution in [0.25, 0.3) is 11.3 Å². The first-order valence-corrected chi connectivity index (χ1v) is 7.93. The second-order valence-electron chi connectivity index (χ2n) is 4.92. The molecule has 0 unspecified atom stereocenters. The molecule has 1 aromatic heterocycles. The van der Waals surface area contributed by atoms with Gasteiger partial charge in [-0.1, -0.05) is 46.9 Å². The van der Waals surface area contributed by atoms with Gasteiger partial charge < -0.3 is 14.8 Å². The van der Waals surface area contributed by atoms with Gasteiger partial charge in [0.15, 0.2) is 5.75 Å². The number of aromatic hydroxyl groups is 1. The maximum atomic E-state index is 9.55. The van der Waals surface area contributed by atoms with Crippen molar-refractivity contribution in [2.45, 2.75) is 6.54 Å². The Morgan fingerprint density at radius 3 is 2.39 bits per heavy atom. The predicted octanol–water partition coefficient (Wildman–Crippen LogP) is 6.22. The van der Waals surface area contributed by atoms with Crippen molar-refractivity contribution in [1.82, 2.24) is 0 Å². The molecule has 2 N–H and O–H groups in total. The lowest BCUT2D eigenvalue weighted by molar-refractivity contribution is 0.476. The molecule has 3 aromatic rings. The van der Waals surface area contributed by atoms with E-state index >= 15 is 0 Å². The van der Waals surface area contributed by atoms with Crippen LogP contribution in [0.3, 0.4) is 0 Å². The highest BCUT2D eigenvalue weighted by Gasteiger charge is 2.08. The topological polar surface area (TPSA) is 45.4 Å². The van der Waals surface area contributed by atoms with Crippen LogP contribution in [0.15, 0.2) is 52.9 Å². The van der Waals surface area contributed by atoms with E-state index in [0.717, 1.165) is 17.1 Å². The summed E-state index contributed by atoms with van der Waals surface area (Å²) in [5.74, 6) is 1.37. The van der Waals surface area contributed by atoms with Gasteiger partial charge in [-0.3, -0.25) is 0 Å². The number of furan rings is 1. The summed E-state index contributed by atoms with van der Waals surface area (Å²) in [6.45, 7) is 0.456. The van der Waals surface area contributed by atoms with E-state index in [2.05, 4.69) is 5.32 Å². The zero-order valence-electron chi connectivity index (χ0n) is 11.8. The third-order valence-corrected chi connectivity index (χ3v) is 4.07. The molecule has 118 valence electrons. The molecule has 0 radical (unpaired) electrons. The maximum absolute atomic E-state index is 9.55. The molecule has 0 bridgehead atoms. The van der Waals surface area contributed by atoms with Gasteiger partial charge in [-0.25, -0.2) is 0 Å². The first-order valence-electron chi connectivity index (χ1n) is 6.79. The number of hydrogen-bond donors (Lipinski definition) is 2. The van der Waals surface area contributed by atoms with Crippen molar-refractivity contribution < 1.29 is 9.52 Å². The van der Waals surface area contributed by atoms with E-state index in [-0.39, 0.29) is 15.8 Å². The molecule has 0 amide bonds. The fraction of sp³-hybridized carbons (Fsp3) is 0.0588. The number of halogens is 3. The van der Waals surface area contributed by atoms with Crippen LogP contribution in [0.1, 0.15) is 5.76 Å². The quantitative estimate of drug-likeness (QED) is 0.537. The van der Waals surface area contributed by atoms with Crippen LogP contribution in [0.5, 0.6) is 5.75 Å². The molecule has 0 atom stereocenters. The Hall–Kier alpha value is -1.81. The number of phenolic OH excluding ortho intramolecular Hbond substituents is 1. The van der Waals surface area contributed by atoms with Crippen LogP contribution >= 0.6 is 34.8 Å². The van der Waals surface area contributed by atoms with Crippen molar-refractivity contribution in [3.05, 3.63) is 69.4 Å². The number of nitrogens with one attached hydrogen (secondary N) is 1. The van der Waals surface area contributed by atoms with Crippen molar-refractivity contribution in [3.63, 3.8) is 0 Å². The summed E-state index contributed by atoms with van der Waals surface area (Å²) in [6.07, 6.45) is 0. The van der Waals surface area contributed by atoms with Crippen LogP contribution in [0.2, 0.25) is 15.1 Å². The lowest BCUT2D eigenvalue weighted by atomic mass is 10.2. The van der Waals surface area contributed by atoms with Crippen molar-refractivity contribution in [2.75, 3.05) is 5.32 Å². The molecule has 3 rings (SSSR count). The molecule has 3 nitrogen and oxygen atoms in total. The summed E-state index contributed by atoms with van der Waals surface area (Å²) >= 11 is 17.8. The Kier molecular flexibility index (Phi) is 4.71. The van der Waals surface area contributed by atoms with Gasteiger partial charge in [0.1, 0.15) is 11.5 Å². The molecule has 23 heavy (non-hydrogen) atoms. The summed E-state index contributed by atoms with van der Waals surface area (Å²) in [5.41, 5.74) is 1.61. The Labute approximate surface area is 148 Å². The van der Waals surface area contributed by atoms with Crippen LogP contribution in [0.4, 0.5) is 5.69 Å². The van der Waals surface area contributed by atoms with Gasteiger partial charge in [0.05, 0.1) is 16.6 Å². The van der Waals surface area contributed by atoms with E-state index in [1.165, 1.54) is 0 Å². The Morgan fingerprint density at radius 2 is 1.70 bits per heavy atom. The Balaban J connectivity index is 1.73. The fourth-order valence-electron chi connectivity index (χ4n) is 2.13. The van der Waals surface area contributed by atoms with E-state index in [1.807, 2.05) is 36.4 Å². The van der Waals surface area contributed by atoms with Crippen molar-refractivity contribution >= 4 is 40.5 Å². The highest BCUT2D eigenvalue weighted by atomic mass is 35.5. The van der Waals surface area contributed by atoms with E-state index < -0.39 is 0 Å². The summed E-state index contributed by atoms with van der Waals surface area (Å²) in [6, 6.07) is 14.4. The van der Waals surface area contributed by atoms with E-state index in [9.17, 15) is 5.11 Å². The lowest BCUT2D eigenvalue weighted by Crippen LogP contribution is -1.98. The number of phenols is 1. The van der Waals surface area contributed by atoms with E-state index in [0.29, 0.717) is 17.3 Å². The minimum atomic E-state index is -0.125. The molecule has 1 heterocycles. The van der Waals surface area contributed by atoms with Crippen LogP contribution in [-0.2, 0) is 6.54 Å². The van der Waals surface area contributed by atoms with E-state index in [4.69, 9.17) is 39.2 Å². The van der Waals surface area contributed by atoms with Crippen LogP contribution < -0.4 is 5.32 Å². The van der Waals surface area contributed by atoms with Crippen molar-refractivity contribution in [1.29, 1.82) is 0 Å². The van der Waals surface area contributed by atoms with Crippen molar-refractivity contribution in [2.24, 2.45) is 0 Å². The second kappa shape index (κ2) is 6.75. The summed E-state index contributed by atoms with van der Waals surface area (Å²) in [7, 11) is 0. The van der Waals surface area contributed by atoms with Gasteiger partial charge in [-0.2, -0.15) is 0 Å². The lowest BCUT2D eigenvalue weighted by Gasteiger charge is -2.07. The highest BCUT2D eigenvalue weighted by molar-refractivity contribution is 6.37. The highest BCUT2D eigenvalue weighted by Crippen LogP contribution is 2.35. The zero-order valence-corrected chi connectivity index (χ0v) is 14.1. The minimum Gasteiger partial charge on any atom is -0.505 e. The minimum absolute atomic E-state index is 0.125. The molecule has 0 spiro atoms. The van der Waals surface area contributed by atoms with Crippen molar-refractivity contribution in [3.8, 4) is 17.1 Å². The second-order valence-corrected chi connectivity index (χ2v) is 6.17. The normalized spacial score (nSPS) is 10.7. The van der Waals surface area contributed by atoms with E-state index in [1.54, 1.807) is 12.1 Å². The smallest absolute Gasteiger partial charge is 0.152 e. The van der Waals surface area contributed by atoms with Gasteiger partial charge in [0.25, 0.3) is 0 Å². The third-order valence-electron chi connectivity index (χ3n) is 3.25. The van der Waals surface area contributed by atoms with Gasteiger partial charge in [-0.05, 0) is 36.4 Å². The van der Waals surface area contributed by atoms with Gasteiger partial charge in [0, 0.05) is 16.3 Å². The molecule has 2 aromatic carbocycles. The van der Waals surface area contributed by atoms with Gasteiger partial charge in [0.2, 0.25) is 0 Å². The fourth-order valence-corrected chi connectivity index (χ4v) is 2.80. The molecule has 0 saturated carbocycles. The number of hydrogen-bond acceptors (Lipinski definition) is 3.